The molecule has 8 heteroatoms. The van der Waals surface area contributed by atoms with Gasteiger partial charge in [-0.25, -0.2) is 13.1 Å². The van der Waals surface area contributed by atoms with Crippen molar-refractivity contribution < 1.29 is 8.42 Å². The second-order valence-electron chi connectivity index (χ2n) is 5.16. The fourth-order valence-corrected chi connectivity index (χ4v) is 5.75. The van der Waals surface area contributed by atoms with Crippen LogP contribution >= 0.6 is 34.5 Å². The van der Waals surface area contributed by atoms with Gasteiger partial charge in [0.05, 0.1) is 4.34 Å². The van der Waals surface area contributed by atoms with Crippen molar-refractivity contribution >= 4 is 44.6 Å². The van der Waals surface area contributed by atoms with Crippen LogP contribution in [-0.4, -0.2) is 21.5 Å². The highest BCUT2D eigenvalue weighted by molar-refractivity contribution is 7.89. The topological polar surface area (TPSA) is 72.2 Å². The molecule has 1 aromatic heterocycles. The summed E-state index contributed by atoms with van der Waals surface area (Å²) in [4.78, 5) is 0.0739. The Morgan fingerprint density at radius 1 is 1.25 bits per heavy atom. The van der Waals surface area contributed by atoms with Crippen molar-refractivity contribution in [3.63, 3.8) is 0 Å². The Kier molecular flexibility index (Phi) is 5.73. The molecule has 20 heavy (non-hydrogen) atoms. The molecule has 1 aliphatic rings. The number of sulfonamides is 1. The molecule has 0 amide bonds. The summed E-state index contributed by atoms with van der Waals surface area (Å²) in [5.41, 5.74) is 5.65. The molecule has 4 nitrogen and oxygen atoms in total. The number of nitrogens with two attached hydrogens (primary N) is 1. The standard InChI is InChI=1S/C12H18Cl2N2O2S2/c13-11-5-10(12(14)19-11)20(17,18)16-7-9-3-1-8(6-15)2-4-9/h5,8-9,16H,1-4,6-7,15H2/t8-,9-. The van der Waals surface area contributed by atoms with Gasteiger partial charge in [-0.3, -0.25) is 0 Å². The van der Waals surface area contributed by atoms with Crippen molar-refractivity contribution in [2.45, 2.75) is 30.6 Å². The van der Waals surface area contributed by atoms with Crippen molar-refractivity contribution in [2.75, 3.05) is 13.1 Å². The SMILES string of the molecule is NC[C@H]1CC[C@H](CNS(=O)(=O)c2cc(Cl)sc2Cl)CC1. The molecule has 0 spiro atoms. The van der Waals surface area contributed by atoms with E-state index in [1.165, 1.54) is 6.07 Å². The van der Waals surface area contributed by atoms with E-state index < -0.39 is 10.0 Å². The normalized spacial score (nSPS) is 23.9. The van der Waals surface area contributed by atoms with Crippen molar-refractivity contribution in [1.29, 1.82) is 0 Å². The van der Waals surface area contributed by atoms with Gasteiger partial charge < -0.3 is 5.73 Å². The molecule has 3 N–H and O–H groups in total. The van der Waals surface area contributed by atoms with Gasteiger partial charge in [0, 0.05) is 6.54 Å². The molecule has 1 heterocycles. The van der Waals surface area contributed by atoms with Gasteiger partial charge in [0.15, 0.2) is 0 Å². The summed E-state index contributed by atoms with van der Waals surface area (Å²) in [7, 11) is -3.57. The van der Waals surface area contributed by atoms with Crippen LogP contribution in [0.15, 0.2) is 11.0 Å². The van der Waals surface area contributed by atoms with Crippen LogP contribution in [0.5, 0.6) is 0 Å². The van der Waals surface area contributed by atoms with E-state index >= 15 is 0 Å². The van der Waals surface area contributed by atoms with E-state index in [0.29, 0.717) is 22.7 Å². The van der Waals surface area contributed by atoms with Gasteiger partial charge >= 0.3 is 0 Å². The molecule has 1 fully saturated rings. The monoisotopic (exact) mass is 356 g/mol. The van der Waals surface area contributed by atoms with Crippen molar-refractivity contribution in [2.24, 2.45) is 17.6 Å². The van der Waals surface area contributed by atoms with Crippen LogP contribution in [0.3, 0.4) is 0 Å². The second kappa shape index (κ2) is 6.94. The fourth-order valence-electron chi connectivity index (χ4n) is 2.49. The lowest BCUT2D eigenvalue weighted by molar-refractivity contribution is 0.280. The molecule has 1 saturated carbocycles. The third kappa shape index (κ3) is 4.08. The maximum atomic E-state index is 12.2. The van der Waals surface area contributed by atoms with Crippen LogP contribution in [0.4, 0.5) is 0 Å². The lowest BCUT2D eigenvalue weighted by Crippen LogP contribution is -2.32. The van der Waals surface area contributed by atoms with E-state index in [9.17, 15) is 8.42 Å². The molecule has 0 atom stereocenters. The molecule has 1 aliphatic carbocycles. The van der Waals surface area contributed by atoms with Crippen molar-refractivity contribution in [3.05, 3.63) is 14.7 Å². The van der Waals surface area contributed by atoms with Crippen molar-refractivity contribution in [3.8, 4) is 0 Å². The first kappa shape index (κ1) is 16.5. The van der Waals surface area contributed by atoms with Gasteiger partial charge in [-0.1, -0.05) is 23.2 Å². The number of hydrogen-bond acceptors (Lipinski definition) is 4. The Labute approximate surface area is 133 Å². The Morgan fingerprint density at radius 3 is 2.35 bits per heavy atom. The van der Waals surface area contributed by atoms with E-state index in [2.05, 4.69) is 4.72 Å². The number of rotatable bonds is 5. The van der Waals surface area contributed by atoms with E-state index in [0.717, 1.165) is 43.6 Å². The van der Waals surface area contributed by atoms with E-state index in [-0.39, 0.29) is 9.23 Å². The molecule has 2 rings (SSSR count). The number of hydrogen-bond donors (Lipinski definition) is 2. The van der Waals surface area contributed by atoms with Gasteiger partial charge in [0.2, 0.25) is 10.0 Å². The largest absolute Gasteiger partial charge is 0.330 e. The van der Waals surface area contributed by atoms with Crippen molar-refractivity contribution in [1.82, 2.24) is 4.72 Å². The number of thiophene rings is 1. The van der Waals surface area contributed by atoms with Gasteiger partial charge in [-0.05, 0) is 50.1 Å². The van der Waals surface area contributed by atoms with Crippen LogP contribution in [0.2, 0.25) is 8.67 Å². The van der Waals surface area contributed by atoms with Gasteiger partial charge in [-0.15, -0.1) is 11.3 Å². The second-order valence-corrected chi connectivity index (χ2v) is 9.18. The molecule has 0 unspecified atom stereocenters. The minimum atomic E-state index is -3.57. The zero-order valence-corrected chi connectivity index (χ0v) is 14.1. The van der Waals surface area contributed by atoms with Crippen LogP contribution in [0, 0.1) is 11.8 Å². The van der Waals surface area contributed by atoms with E-state index in [4.69, 9.17) is 28.9 Å². The van der Waals surface area contributed by atoms with Crippen LogP contribution < -0.4 is 10.5 Å². The fraction of sp³-hybridized carbons (Fsp3) is 0.667. The zero-order valence-electron chi connectivity index (χ0n) is 10.9. The Morgan fingerprint density at radius 2 is 1.85 bits per heavy atom. The predicted octanol–water partition coefficient (Wildman–Crippen LogP) is 3.10. The summed E-state index contributed by atoms with van der Waals surface area (Å²) in [6, 6.07) is 1.39. The predicted molar refractivity (Wildman–Crippen MR) is 84.0 cm³/mol. The molecule has 0 aliphatic heterocycles. The smallest absolute Gasteiger partial charge is 0.242 e. The van der Waals surface area contributed by atoms with Crippen LogP contribution in [-0.2, 0) is 10.0 Å². The molecule has 0 aromatic carbocycles. The van der Waals surface area contributed by atoms with Gasteiger partial charge in [0.1, 0.15) is 9.23 Å². The van der Waals surface area contributed by atoms with Gasteiger partial charge in [-0.2, -0.15) is 0 Å². The van der Waals surface area contributed by atoms with E-state index in [1.807, 2.05) is 0 Å². The number of halogens is 2. The maximum Gasteiger partial charge on any atom is 0.242 e. The first-order valence-electron chi connectivity index (χ1n) is 6.57. The minimum absolute atomic E-state index is 0.0739. The summed E-state index contributed by atoms with van der Waals surface area (Å²) in [6.45, 7) is 1.17. The average Bonchev–Trinajstić information content (AvgIpc) is 2.77. The lowest BCUT2D eigenvalue weighted by Gasteiger charge is -2.27. The molecule has 0 saturated heterocycles. The Balaban J connectivity index is 1.92. The molecule has 1 aromatic rings. The van der Waals surface area contributed by atoms with E-state index in [1.54, 1.807) is 0 Å². The maximum absolute atomic E-state index is 12.2. The first-order chi connectivity index (χ1) is 9.42. The third-order valence-corrected chi connectivity index (χ3v) is 6.95. The Hall–Kier alpha value is 0.150. The molecule has 0 radical (unpaired) electrons. The highest BCUT2D eigenvalue weighted by Crippen LogP contribution is 2.34. The quantitative estimate of drug-likeness (QED) is 0.851. The first-order valence-corrected chi connectivity index (χ1v) is 9.62. The number of nitrogens with one attached hydrogen (secondary N) is 1. The summed E-state index contributed by atoms with van der Waals surface area (Å²) in [5.74, 6) is 0.966. The zero-order chi connectivity index (χ0) is 14.8. The minimum Gasteiger partial charge on any atom is -0.330 e. The Bertz CT molecular complexity index is 552. The van der Waals surface area contributed by atoms with Crippen LogP contribution in [0.1, 0.15) is 25.7 Å². The average molecular weight is 357 g/mol. The molecule has 114 valence electrons. The van der Waals surface area contributed by atoms with Crippen LogP contribution in [0.25, 0.3) is 0 Å². The highest BCUT2D eigenvalue weighted by atomic mass is 35.5. The lowest BCUT2D eigenvalue weighted by atomic mass is 9.82. The molecular formula is C12H18Cl2N2O2S2. The third-order valence-electron chi connectivity index (χ3n) is 3.78. The summed E-state index contributed by atoms with van der Waals surface area (Å²) in [6.07, 6.45) is 4.19. The summed E-state index contributed by atoms with van der Waals surface area (Å²) >= 11 is 12.7. The molecular weight excluding hydrogens is 339 g/mol. The summed E-state index contributed by atoms with van der Waals surface area (Å²) < 4.78 is 27.5. The summed E-state index contributed by atoms with van der Waals surface area (Å²) in [5, 5.41) is 0. The van der Waals surface area contributed by atoms with Gasteiger partial charge in [0.25, 0.3) is 0 Å². The molecule has 0 bridgehead atoms. The highest BCUT2D eigenvalue weighted by Gasteiger charge is 2.24.